The Morgan fingerprint density at radius 1 is 1.43 bits per heavy atom. The summed E-state index contributed by atoms with van der Waals surface area (Å²) in [7, 11) is 3.93. The van der Waals surface area contributed by atoms with Crippen molar-refractivity contribution in [1.82, 2.24) is 9.80 Å². The molecule has 1 saturated heterocycles. The van der Waals surface area contributed by atoms with Crippen LogP contribution in [0.5, 0.6) is 0 Å². The van der Waals surface area contributed by atoms with Gasteiger partial charge in [-0.1, -0.05) is 0 Å². The fourth-order valence-corrected chi connectivity index (χ4v) is 1.59. The van der Waals surface area contributed by atoms with Crippen LogP contribution in [0.1, 0.15) is 19.3 Å². The number of hydrogen-bond donors (Lipinski definition) is 1. The molecule has 0 aromatic carbocycles. The molecule has 1 rings (SSSR count). The highest BCUT2D eigenvalue weighted by Gasteiger charge is 2.20. The van der Waals surface area contributed by atoms with E-state index >= 15 is 0 Å². The third-order valence-corrected chi connectivity index (χ3v) is 2.59. The number of piperidine rings is 1. The standard InChI is InChI=1S/C10H20N2O2/c1-11(2)6-5-10(14)12-7-3-9(13)4-8-12/h9,13H,3-8H2,1-2H3. The van der Waals surface area contributed by atoms with Gasteiger partial charge in [-0.3, -0.25) is 4.79 Å². The highest BCUT2D eigenvalue weighted by atomic mass is 16.3. The van der Waals surface area contributed by atoms with Gasteiger partial charge in [0.15, 0.2) is 0 Å². The number of carbonyl (C=O) groups excluding carboxylic acids is 1. The summed E-state index contributed by atoms with van der Waals surface area (Å²) >= 11 is 0. The summed E-state index contributed by atoms with van der Waals surface area (Å²) in [4.78, 5) is 15.5. The highest BCUT2D eigenvalue weighted by Crippen LogP contribution is 2.10. The monoisotopic (exact) mass is 200 g/mol. The average molecular weight is 200 g/mol. The van der Waals surface area contributed by atoms with E-state index in [1.807, 2.05) is 23.9 Å². The number of hydrogen-bond acceptors (Lipinski definition) is 3. The molecule has 1 aliphatic heterocycles. The number of nitrogens with zero attached hydrogens (tertiary/aromatic N) is 2. The zero-order valence-corrected chi connectivity index (χ0v) is 9.07. The lowest BCUT2D eigenvalue weighted by Gasteiger charge is -2.30. The van der Waals surface area contributed by atoms with Crippen molar-refractivity contribution >= 4 is 5.91 Å². The molecule has 0 aromatic heterocycles. The molecule has 0 saturated carbocycles. The minimum absolute atomic E-state index is 0.201. The van der Waals surface area contributed by atoms with E-state index in [0.717, 1.165) is 19.4 Å². The van der Waals surface area contributed by atoms with Crippen molar-refractivity contribution in [2.45, 2.75) is 25.4 Å². The first-order valence-electron chi connectivity index (χ1n) is 5.20. The van der Waals surface area contributed by atoms with Crippen molar-refractivity contribution in [3.05, 3.63) is 0 Å². The molecule has 0 radical (unpaired) electrons. The molecule has 0 aromatic rings. The molecule has 1 heterocycles. The number of aliphatic hydroxyl groups is 1. The van der Waals surface area contributed by atoms with Gasteiger partial charge in [0.05, 0.1) is 6.10 Å². The van der Waals surface area contributed by atoms with E-state index in [9.17, 15) is 9.90 Å². The van der Waals surface area contributed by atoms with Gasteiger partial charge in [-0.05, 0) is 26.9 Å². The lowest BCUT2D eigenvalue weighted by Crippen LogP contribution is -2.40. The molecule has 0 unspecified atom stereocenters. The lowest BCUT2D eigenvalue weighted by atomic mass is 10.1. The fraction of sp³-hybridized carbons (Fsp3) is 0.900. The summed E-state index contributed by atoms with van der Waals surface area (Å²) < 4.78 is 0. The fourth-order valence-electron chi connectivity index (χ4n) is 1.59. The molecular weight excluding hydrogens is 180 g/mol. The van der Waals surface area contributed by atoms with Gasteiger partial charge in [0.2, 0.25) is 5.91 Å². The van der Waals surface area contributed by atoms with Crippen molar-refractivity contribution in [2.24, 2.45) is 0 Å². The second-order valence-corrected chi connectivity index (χ2v) is 4.17. The molecule has 1 N–H and O–H groups in total. The van der Waals surface area contributed by atoms with E-state index in [1.54, 1.807) is 0 Å². The van der Waals surface area contributed by atoms with Gasteiger partial charge in [-0.25, -0.2) is 0 Å². The minimum atomic E-state index is -0.201. The predicted octanol–water partition coefficient (Wildman–Crippen LogP) is -0.0786. The molecule has 0 bridgehead atoms. The number of likely N-dealkylation sites (tertiary alicyclic amines) is 1. The molecule has 82 valence electrons. The third-order valence-electron chi connectivity index (χ3n) is 2.59. The van der Waals surface area contributed by atoms with Gasteiger partial charge in [0.1, 0.15) is 0 Å². The number of rotatable bonds is 3. The zero-order chi connectivity index (χ0) is 10.6. The van der Waals surface area contributed by atoms with Crippen LogP contribution in [0.15, 0.2) is 0 Å². The van der Waals surface area contributed by atoms with Crippen molar-refractivity contribution < 1.29 is 9.90 Å². The maximum atomic E-state index is 11.6. The maximum absolute atomic E-state index is 11.6. The molecule has 4 nitrogen and oxygen atoms in total. The van der Waals surface area contributed by atoms with Crippen LogP contribution in [0.25, 0.3) is 0 Å². The largest absolute Gasteiger partial charge is 0.393 e. The Kier molecular flexibility index (Phi) is 4.35. The summed E-state index contributed by atoms with van der Waals surface area (Å²) in [6.07, 6.45) is 1.85. The van der Waals surface area contributed by atoms with Crippen LogP contribution < -0.4 is 0 Å². The zero-order valence-electron chi connectivity index (χ0n) is 9.07. The van der Waals surface area contributed by atoms with Crippen molar-refractivity contribution in [2.75, 3.05) is 33.7 Å². The van der Waals surface area contributed by atoms with Crippen molar-refractivity contribution in [3.63, 3.8) is 0 Å². The molecule has 0 atom stereocenters. The van der Waals surface area contributed by atoms with Crippen LogP contribution in [0.2, 0.25) is 0 Å². The molecule has 1 amide bonds. The molecule has 4 heteroatoms. The topological polar surface area (TPSA) is 43.8 Å². The first kappa shape index (κ1) is 11.5. The SMILES string of the molecule is CN(C)CCC(=O)N1CCC(O)CC1. The molecule has 14 heavy (non-hydrogen) atoms. The van der Waals surface area contributed by atoms with E-state index in [-0.39, 0.29) is 12.0 Å². The van der Waals surface area contributed by atoms with E-state index in [2.05, 4.69) is 0 Å². The second kappa shape index (κ2) is 5.32. The molecule has 1 fully saturated rings. The van der Waals surface area contributed by atoms with Gasteiger partial charge in [0.25, 0.3) is 0 Å². The molecular formula is C10H20N2O2. The third kappa shape index (κ3) is 3.64. The second-order valence-electron chi connectivity index (χ2n) is 4.17. The maximum Gasteiger partial charge on any atom is 0.223 e. The summed E-state index contributed by atoms with van der Waals surface area (Å²) in [6, 6.07) is 0. The van der Waals surface area contributed by atoms with Crippen LogP contribution in [0.3, 0.4) is 0 Å². The first-order valence-corrected chi connectivity index (χ1v) is 5.20. The van der Waals surface area contributed by atoms with Gasteiger partial charge in [-0.2, -0.15) is 0 Å². The van der Waals surface area contributed by atoms with Crippen LogP contribution in [0.4, 0.5) is 0 Å². The van der Waals surface area contributed by atoms with Crippen LogP contribution in [-0.2, 0) is 4.79 Å². The van der Waals surface area contributed by atoms with E-state index in [1.165, 1.54) is 0 Å². The predicted molar refractivity (Wildman–Crippen MR) is 55.0 cm³/mol. The highest BCUT2D eigenvalue weighted by molar-refractivity contribution is 5.76. The van der Waals surface area contributed by atoms with Crippen molar-refractivity contribution in [1.29, 1.82) is 0 Å². The number of amides is 1. The minimum Gasteiger partial charge on any atom is -0.393 e. The molecule has 0 spiro atoms. The van der Waals surface area contributed by atoms with Crippen molar-refractivity contribution in [3.8, 4) is 0 Å². The number of aliphatic hydroxyl groups excluding tert-OH is 1. The Morgan fingerprint density at radius 3 is 2.50 bits per heavy atom. The number of carbonyl (C=O) groups is 1. The summed E-state index contributed by atoms with van der Waals surface area (Å²) in [6.45, 7) is 2.23. The Morgan fingerprint density at radius 2 is 2.00 bits per heavy atom. The molecule has 1 aliphatic rings. The summed E-state index contributed by atoms with van der Waals surface area (Å²) in [5.74, 6) is 0.214. The van der Waals surface area contributed by atoms with Crippen LogP contribution >= 0.6 is 0 Å². The average Bonchev–Trinajstić information content (AvgIpc) is 2.15. The van der Waals surface area contributed by atoms with Gasteiger partial charge in [-0.15, -0.1) is 0 Å². The van der Waals surface area contributed by atoms with E-state index in [0.29, 0.717) is 19.5 Å². The Hall–Kier alpha value is -0.610. The normalized spacial score (nSPS) is 19.0. The summed E-state index contributed by atoms with van der Waals surface area (Å²) in [5.41, 5.74) is 0. The van der Waals surface area contributed by atoms with E-state index < -0.39 is 0 Å². The summed E-state index contributed by atoms with van der Waals surface area (Å²) in [5, 5.41) is 9.28. The van der Waals surface area contributed by atoms with Gasteiger partial charge in [0, 0.05) is 26.1 Å². The Labute approximate surface area is 85.5 Å². The van der Waals surface area contributed by atoms with E-state index in [4.69, 9.17) is 0 Å². The molecule has 0 aliphatic carbocycles. The van der Waals surface area contributed by atoms with Crippen LogP contribution in [-0.4, -0.2) is 60.6 Å². The quantitative estimate of drug-likeness (QED) is 0.693. The Bertz CT molecular complexity index is 187. The van der Waals surface area contributed by atoms with Gasteiger partial charge < -0.3 is 14.9 Å². The lowest BCUT2D eigenvalue weighted by molar-refractivity contribution is -0.133. The van der Waals surface area contributed by atoms with Crippen LogP contribution in [0, 0.1) is 0 Å². The smallest absolute Gasteiger partial charge is 0.223 e. The van der Waals surface area contributed by atoms with Gasteiger partial charge >= 0.3 is 0 Å². The Balaban J connectivity index is 2.24. The first-order chi connectivity index (χ1) is 6.59.